The van der Waals surface area contributed by atoms with Crippen molar-refractivity contribution < 1.29 is 14.3 Å². The van der Waals surface area contributed by atoms with Crippen molar-refractivity contribution in [2.24, 2.45) is 5.92 Å². The Hall–Kier alpha value is -1.88. The third kappa shape index (κ3) is 4.64. The number of fused-ring (bicyclic) bond motifs is 1. The molecule has 2 fully saturated rings. The van der Waals surface area contributed by atoms with Crippen LogP contribution in [0.5, 0.6) is 0 Å². The summed E-state index contributed by atoms with van der Waals surface area (Å²) in [4.78, 5) is 28.8. The van der Waals surface area contributed by atoms with E-state index in [9.17, 15) is 9.59 Å². The van der Waals surface area contributed by atoms with Crippen molar-refractivity contribution in [3.8, 4) is 0 Å². The van der Waals surface area contributed by atoms with Gasteiger partial charge in [0.15, 0.2) is 0 Å². The van der Waals surface area contributed by atoms with Gasteiger partial charge in [0, 0.05) is 38.7 Å². The minimum atomic E-state index is 0.0876. The number of hydrogen-bond donors (Lipinski definition) is 0. The van der Waals surface area contributed by atoms with E-state index in [1.807, 2.05) is 30.0 Å². The molecule has 2 aliphatic heterocycles. The highest BCUT2D eigenvalue weighted by molar-refractivity contribution is 5.79. The number of likely N-dealkylation sites (tertiary alicyclic amines) is 2. The first-order valence-corrected chi connectivity index (χ1v) is 9.88. The molecule has 1 aromatic rings. The van der Waals surface area contributed by atoms with Crippen LogP contribution in [0.1, 0.15) is 38.2 Å². The van der Waals surface area contributed by atoms with Crippen LogP contribution in [0, 0.1) is 5.92 Å². The maximum absolute atomic E-state index is 12.5. The van der Waals surface area contributed by atoms with Gasteiger partial charge in [-0.2, -0.15) is 0 Å². The molecule has 5 nitrogen and oxygen atoms in total. The molecule has 2 aliphatic rings. The van der Waals surface area contributed by atoms with Crippen molar-refractivity contribution in [3.05, 3.63) is 35.9 Å². The number of benzene rings is 1. The molecule has 2 saturated heterocycles. The topological polar surface area (TPSA) is 49.9 Å². The quantitative estimate of drug-likeness (QED) is 0.704. The largest absolute Gasteiger partial charge is 0.372 e. The maximum atomic E-state index is 12.5. The summed E-state index contributed by atoms with van der Waals surface area (Å²) in [6, 6.07) is 10.6. The molecule has 0 aliphatic carbocycles. The third-order valence-corrected chi connectivity index (χ3v) is 5.55. The van der Waals surface area contributed by atoms with Crippen molar-refractivity contribution in [1.82, 2.24) is 9.80 Å². The molecule has 26 heavy (non-hydrogen) atoms. The summed E-state index contributed by atoms with van der Waals surface area (Å²) in [6.07, 6.45) is 4.19. The van der Waals surface area contributed by atoms with Crippen LogP contribution in [0.4, 0.5) is 0 Å². The number of piperidine rings is 2. The Balaban J connectivity index is 1.55. The summed E-state index contributed by atoms with van der Waals surface area (Å²) >= 11 is 0. The van der Waals surface area contributed by atoms with Gasteiger partial charge in [0.2, 0.25) is 11.8 Å². The Morgan fingerprint density at radius 2 is 2.04 bits per heavy atom. The highest BCUT2D eigenvalue weighted by Crippen LogP contribution is 2.31. The lowest BCUT2D eigenvalue weighted by atomic mass is 9.83. The standard InChI is InChI=1S/C21H30N2O3/c1-2-14-26-16-21(25)22-12-11-19-18(15-22)8-9-20(24)23(19)13-10-17-6-4-3-5-7-17/h3-7,18-19H,2,8-16H2,1H3/t18-,19+/m0/s1. The Labute approximate surface area is 156 Å². The first-order chi connectivity index (χ1) is 12.7. The average Bonchev–Trinajstić information content (AvgIpc) is 2.67. The molecule has 2 atom stereocenters. The predicted octanol–water partition coefficient (Wildman–Crippen LogP) is 2.50. The van der Waals surface area contributed by atoms with Gasteiger partial charge in [-0.1, -0.05) is 37.3 Å². The van der Waals surface area contributed by atoms with E-state index in [1.165, 1.54) is 5.56 Å². The lowest BCUT2D eigenvalue weighted by Gasteiger charge is -2.47. The SMILES string of the molecule is CCCOCC(=O)N1CC[C@@H]2[C@@H](CCC(=O)N2CCc2ccccc2)C1. The molecule has 0 aromatic heterocycles. The average molecular weight is 358 g/mol. The summed E-state index contributed by atoms with van der Waals surface area (Å²) in [5.74, 6) is 0.755. The Kier molecular flexibility index (Phi) is 6.67. The number of carbonyl (C=O) groups excluding carboxylic acids is 2. The van der Waals surface area contributed by atoms with Crippen LogP contribution in [0.2, 0.25) is 0 Å². The van der Waals surface area contributed by atoms with Crippen molar-refractivity contribution >= 4 is 11.8 Å². The van der Waals surface area contributed by atoms with Gasteiger partial charge in [-0.3, -0.25) is 9.59 Å². The van der Waals surface area contributed by atoms with Gasteiger partial charge in [0.25, 0.3) is 0 Å². The molecule has 2 heterocycles. The Morgan fingerprint density at radius 1 is 1.23 bits per heavy atom. The van der Waals surface area contributed by atoms with E-state index < -0.39 is 0 Å². The second kappa shape index (κ2) is 9.17. The van der Waals surface area contributed by atoms with E-state index in [2.05, 4.69) is 17.0 Å². The molecule has 3 rings (SSSR count). The fourth-order valence-electron chi connectivity index (χ4n) is 4.16. The number of nitrogens with zero attached hydrogens (tertiary/aromatic N) is 2. The smallest absolute Gasteiger partial charge is 0.248 e. The molecule has 0 unspecified atom stereocenters. The van der Waals surface area contributed by atoms with Crippen LogP contribution < -0.4 is 0 Å². The first-order valence-electron chi connectivity index (χ1n) is 9.88. The molecule has 1 aromatic carbocycles. The summed E-state index contributed by atoms with van der Waals surface area (Å²) in [6.45, 7) is 5.12. The molecule has 142 valence electrons. The second-order valence-corrected chi connectivity index (χ2v) is 7.37. The van der Waals surface area contributed by atoms with E-state index in [0.717, 1.165) is 45.3 Å². The van der Waals surface area contributed by atoms with Crippen LogP contribution in [0.15, 0.2) is 30.3 Å². The molecule has 0 radical (unpaired) electrons. The van der Waals surface area contributed by atoms with Gasteiger partial charge in [0.05, 0.1) is 0 Å². The van der Waals surface area contributed by atoms with Crippen LogP contribution in [-0.4, -0.2) is 60.5 Å². The first kappa shape index (κ1) is 18.9. The number of ether oxygens (including phenoxy) is 1. The lowest BCUT2D eigenvalue weighted by molar-refractivity contribution is -0.146. The van der Waals surface area contributed by atoms with Crippen LogP contribution in [0.3, 0.4) is 0 Å². The normalized spacial score (nSPS) is 23.0. The van der Waals surface area contributed by atoms with Gasteiger partial charge in [0.1, 0.15) is 6.61 Å². The summed E-state index contributed by atoms with van der Waals surface area (Å²) in [7, 11) is 0. The third-order valence-electron chi connectivity index (χ3n) is 5.55. The number of rotatable bonds is 7. The molecule has 0 N–H and O–H groups in total. The highest BCUT2D eigenvalue weighted by atomic mass is 16.5. The van der Waals surface area contributed by atoms with E-state index in [4.69, 9.17) is 4.74 Å². The van der Waals surface area contributed by atoms with Crippen molar-refractivity contribution in [1.29, 1.82) is 0 Å². The number of carbonyl (C=O) groups is 2. The molecule has 0 bridgehead atoms. The highest BCUT2D eigenvalue weighted by Gasteiger charge is 2.39. The van der Waals surface area contributed by atoms with E-state index in [0.29, 0.717) is 18.9 Å². The fourth-order valence-corrected chi connectivity index (χ4v) is 4.16. The monoisotopic (exact) mass is 358 g/mol. The number of amides is 2. The van der Waals surface area contributed by atoms with Gasteiger partial charge in [-0.15, -0.1) is 0 Å². The van der Waals surface area contributed by atoms with Gasteiger partial charge in [-0.05, 0) is 37.2 Å². The van der Waals surface area contributed by atoms with Crippen molar-refractivity contribution in [2.75, 3.05) is 32.8 Å². The van der Waals surface area contributed by atoms with Gasteiger partial charge in [-0.25, -0.2) is 0 Å². The lowest BCUT2D eigenvalue weighted by Crippen LogP contribution is -2.57. The summed E-state index contributed by atoms with van der Waals surface area (Å²) < 4.78 is 5.40. The maximum Gasteiger partial charge on any atom is 0.248 e. The Morgan fingerprint density at radius 3 is 2.81 bits per heavy atom. The van der Waals surface area contributed by atoms with Crippen LogP contribution in [0.25, 0.3) is 0 Å². The summed E-state index contributed by atoms with van der Waals surface area (Å²) in [5, 5.41) is 0. The van der Waals surface area contributed by atoms with E-state index >= 15 is 0 Å². The molecule has 0 spiro atoms. The van der Waals surface area contributed by atoms with Gasteiger partial charge >= 0.3 is 0 Å². The van der Waals surface area contributed by atoms with E-state index in [1.54, 1.807) is 0 Å². The molecular formula is C21H30N2O3. The van der Waals surface area contributed by atoms with Crippen molar-refractivity contribution in [2.45, 2.75) is 45.1 Å². The van der Waals surface area contributed by atoms with Crippen LogP contribution >= 0.6 is 0 Å². The molecule has 0 saturated carbocycles. The zero-order valence-corrected chi connectivity index (χ0v) is 15.7. The minimum Gasteiger partial charge on any atom is -0.372 e. The van der Waals surface area contributed by atoms with Crippen LogP contribution in [-0.2, 0) is 20.7 Å². The van der Waals surface area contributed by atoms with Gasteiger partial charge < -0.3 is 14.5 Å². The fraction of sp³-hybridized carbons (Fsp3) is 0.619. The Bertz CT molecular complexity index is 605. The second-order valence-electron chi connectivity index (χ2n) is 7.37. The van der Waals surface area contributed by atoms with E-state index in [-0.39, 0.29) is 24.5 Å². The number of hydrogen-bond acceptors (Lipinski definition) is 3. The zero-order valence-electron chi connectivity index (χ0n) is 15.7. The predicted molar refractivity (Wildman–Crippen MR) is 101 cm³/mol. The molecule has 5 heteroatoms. The molecular weight excluding hydrogens is 328 g/mol. The van der Waals surface area contributed by atoms with Crippen molar-refractivity contribution in [3.63, 3.8) is 0 Å². The molecule has 2 amide bonds. The summed E-state index contributed by atoms with van der Waals surface area (Å²) in [5.41, 5.74) is 1.27. The zero-order chi connectivity index (χ0) is 18.4. The minimum absolute atomic E-state index is 0.0876.